The highest BCUT2D eigenvalue weighted by atomic mass is 32.2. The van der Waals surface area contributed by atoms with Crippen molar-refractivity contribution in [1.82, 2.24) is 0 Å². The van der Waals surface area contributed by atoms with Crippen molar-refractivity contribution >= 4 is 75.0 Å². The lowest BCUT2D eigenvalue weighted by Gasteiger charge is -2.28. The second kappa shape index (κ2) is 31.9. The number of ketones is 2. The zero-order valence-corrected chi connectivity index (χ0v) is 41.4. The van der Waals surface area contributed by atoms with Crippen molar-refractivity contribution in [2.24, 2.45) is 11.8 Å². The Balaban J connectivity index is 0. The summed E-state index contributed by atoms with van der Waals surface area (Å²) in [6, 6.07) is 0. The van der Waals surface area contributed by atoms with Crippen LogP contribution < -0.4 is 0 Å². The van der Waals surface area contributed by atoms with E-state index in [1.165, 1.54) is 39.6 Å². The molecule has 65 heavy (non-hydrogen) atoms. The molecule has 0 saturated heterocycles. The van der Waals surface area contributed by atoms with Crippen LogP contribution in [0.2, 0.25) is 0 Å². The normalized spacial score (nSPS) is 13.6. The molecule has 1 aliphatic carbocycles. The number of esters is 7. The van der Waals surface area contributed by atoms with E-state index in [0.717, 1.165) is 38.4 Å². The van der Waals surface area contributed by atoms with Gasteiger partial charge < -0.3 is 33.2 Å². The van der Waals surface area contributed by atoms with Crippen molar-refractivity contribution in [3.63, 3.8) is 0 Å². The van der Waals surface area contributed by atoms with Crippen molar-refractivity contribution in [3.8, 4) is 0 Å². The Kier molecular flexibility index (Phi) is 30.6. The largest absolute Gasteiger partial charge is 0.466 e. The first-order valence-corrected chi connectivity index (χ1v) is 24.3. The minimum Gasteiger partial charge on any atom is -0.466 e. The number of rotatable bonds is 26. The quantitative estimate of drug-likeness (QED) is 0.0347. The molecule has 0 aliphatic heterocycles. The maximum absolute atomic E-state index is 12.1. The highest BCUT2D eigenvalue weighted by molar-refractivity contribution is 7.99. The third-order valence-electron chi connectivity index (χ3n) is 9.08. The zero-order valence-electron chi connectivity index (χ0n) is 39.8. The van der Waals surface area contributed by atoms with Crippen LogP contribution in [0.5, 0.6) is 0 Å². The fourth-order valence-electron chi connectivity index (χ4n) is 5.15. The molecule has 0 amide bonds. The van der Waals surface area contributed by atoms with E-state index < -0.39 is 68.8 Å². The Morgan fingerprint density at radius 2 is 1.23 bits per heavy atom. The number of hydrogen-bond donors (Lipinski definition) is 0. The number of carbonyl (C=O) groups is 9. The molecule has 0 bridgehead atoms. The second-order valence-corrected chi connectivity index (χ2v) is 19.2. The predicted octanol–water partition coefficient (Wildman–Crippen LogP) is 5.37. The van der Waals surface area contributed by atoms with Gasteiger partial charge in [0.2, 0.25) is 0 Å². The van der Waals surface area contributed by atoms with Crippen LogP contribution >= 0.6 is 11.8 Å². The summed E-state index contributed by atoms with van der Waals surface area (Å²) >= 11 is 1.39. The van der Waals surface area contributed by atoms with E-state index >= 15 is 0 Å². The summed E-state index contributed by atoms with van der Waals surface area (Å²) < 4.78 is 56.4. The van der Waals surface area contributed by atoms with Crippen molar-refractivity contribution in [1.29, 1.82) is 0 Å². The van der Waals surface area contributed by atoms with E-state index in [4.69, 9.17) is 28.4 Å². The minimum absolute atomic E-state index is 0.0244. The van der Waals surface area contributed by atoms with Gasteiger partial charge in [-0.15, -0.1) is 0 Å². The van der Waals surface area contributed by atoms with Crippen LogP contribution in [0.4, 0.5) is 0 Å². The number of carbonyl (C=O) groups excluding carboxylic acids is 9. The fraction of sp³-hybridized carbons (Fsp3) is 0.667. The molecule has 1 fully saturated rings. The first-order chi connectivity index (χ1) is 30.0. The van der Waals surface area contributed by atoms with Gasteiger partial charge in [0.15, 0.2) is 9.84 Å². The van der Waals surface area contributed by atoms with Gasteiger partial charge in [0.25, 0.3) is 0 Å². The van der Waals surface area contributed by atoms with Gasteiger partial charge in [0.1, 0.15) is 60.2 Å². The second-order valence-electron chi connectivity index (χ2n) is 16.0. The summed E-state index contributed by atoms with van der Waals surface area (Å²) in [7, 11) is -2.12. The number of methoxy groups -OCH3 is 1. The van der Waals surface area contributed by atoms with Crippen LogP contribution in [-0.4, -0.2) is 130 Å². The number of thioether (sulfide) groups is 1. The Morgan fingerprint density at radius 3 is 1.72 bits per heavy atom. The first-order valence-electron chi connectivity index (χ1n) is 21.0. The molecule has 18 nitrogen and oxygen atoms in total. The maximum atomic E-state index is 12.1. The lowest BCUT2D eigenvalue weighted by molar-refractivity contribution is -0.156. The van der Waals surface area contributed by atoms with Crippen molar-refractivity contribution in [2.45, 2.75) is 124 Å². The molecule has 0 heterocycles. The van der Waals surface area contributed by atoms with Gasteiger partial charge in [0.05, 0.1) is 13.7 Å². The predicted molar refractivity (Wildman–Crippen MR) is 242 cm³/mol. The Morgan fingerprint density at radius 1 is 0.692 bits per heavy atom. The van der Waals surface area contributed by atoms with Gasteiger partial charge in [-0.1, -0.05) is 33.6 Å². The molecule has 1 aliphatic rings. The molecule has 2 unspecified atom stereocenters. The van der Waals surface area contributed by atoms with Crippen LogP contribution in [0.15, 0.2) is 36.5 Å². The third-order valence-corrected chi connectivity index (χ3v) is 10.9. The highest BCUT2D eigenvalue weighted by Crippen LogP contribution is 2.36. The molecular formula is C45H70O18S2. The SMILES string of the molecule is C=C(CCC(=O)OCCOC(=O)C(C)C(C)=O)C(=O)OC(C)(C)C.C=C(CCOC(=O)C(CC)C(C)=O)C(=O)OC.C=C(CSCCOC(=O)CS(C)(=O)=O)C(=O)OC1(CC)CCCC1. The van der Waals surface area contributed by atoms with Crippen LogP contribution in [0.3, 0.4) is 0 Å². The highest BCUT2D eigenvalue weighted by Gasteiger charge is 2.36. The number of Topliss-reactive ketones (excluding diaryl/α,β-unsaturated/α-hetero) is 2. The summed E-state index contributed by atoms with van der Waals surface area (Å²) in [5, 5.41) is 0. The molecule has 0 aromatic carbocycles. The monoisotopic (exact) mass is 962 g/mol. The van der Waals surface area contributed by atoms with Crippen LogP contribution in [-0.2, 0) is 86.1 Å². The number of hydrogen-bond acceptors (Lipinski definition) is 19. The smallest absolute Gasteiger partial charge is 0.334 e. The summed E-state index contributed by atoms with van der Waals surface area (Å²) in [6.07, 6.45) is 6.48. The minimum atomic E-state index is -3.37. The van der Waals surface area contributed by atoms with E-state index in [-0.39, 0.29) is 80.0 Å². The Hall–Kier alpha value is -4.85. The zero-order chi connectivity index (χ0) is 50.6. The lowest BCUT2D eigenvalue weighted by atomic mass is 9.99. The molecule has 20 heteroatoms. The molecule has 0 aromatic rings. The van der Waals surface area contributed by atoms with Gasteiger partial charge in [-0.2, -0.15) is 11.8 Å². The van der Waals surface area contributed by atoms with E-state index in [1.807, 2.05) is 6.92 Å². The van der Waals surface area contributed by atoms with Crippen LogP contribution in [0.1, 0.15) is 113 Å². The van der Waals surface area contributed by atoms with E-state index in [0.29, 0.717) is 23.5 Å². The molecule has 0 aromatic heterocycles. The molecular weight excluding hydrogens is 893 g/mol. The summed E-state index contributed by atoms with van der Waals surface area (Å²) in [6.45, 7) is 23.8. The van der Waals surface area contributed by atoms with Crippen molar-refractivity contribution in [3.05, 3.63) is 36.5 Å². The first kappa shape index (κ1) is 62.2. The topological polar surface area (TPSA) is 252 Å². The third kappa shape index (κ3) is 30.1. The molecule has 370 valence electrons. The Labute approximate surface area is 388 Å². The molecule has 0 radical (unpaired) electrons. The van der Waals surface area contributed by atoms with Crippen molar-refractivity contribution < 1.29 is 84.7 Å². The fourth-order valence-corrected chi connectivity index (χ4v) is 6.37. The average Bonchev–Trinajstić information content (AvgIpc) is 3.68. The van der Waals surface area contributed by atoms with Gasteiger partial charge in [-0.3, -0.25) is 28.8 Å². The summed E-state index contributed by atoms with van der Waals surface area (Å²) in [4.78, 5) is 102. The van der Waals surface area contributed by atoms with Crippen LogP contribution in [0.25, 0.3) is 0 Å². The van der Waals surface area contributed by atoms with Gasteiger partial charge >= 0.3 is 41.8 Å². The van der Waals surface area contributed by atoms with Gasteiger partial charge in [-0.25, -0.2) is 22.8 Å². The summed E-state index contributed by atoms with van der Waals surface area (Å²) in [5.74, 6) is -5.80. The van der Waals surface area contributed by atoms with Gasteiger partial charge in [0, 0.05) is 47.3 Å². The molecule has 1 rings (SSSR count). The summed E-state index contributed by atoms with van der Waals surface area (Å²) in [5.41, 5.74) is -0.144. The van der Waals surface area contributed by atoms with Crippen molar-refractivity contribution in [2.75, 3.05) is 57.1 Å². The molecule has 0 spiro atoms. The number of sulfone groups is 1. The average molecular weight is 963 g/mol. The Bertz CT molecular complexity index is 1780. The van der Waals surface area contributed by atoms with E-state index in [9.17, 15) is 51.6 Å². The lowest BCUT2D eigenvalue weighted by Crippen LogP contribution is -2.32. The molecule has 1 saturated carbocycles. The van der Waals surface area contributed by atoms with Crippen LogP contribution in [0, 0.1) is 11.8 Å². The maximum Gasteiger partial charge on any atom is 0.334 e. The molecule has 2 atom stereocenters. The van der Waals surface area contributed by atoms with E-state index in [2.05, 4.69) is 24.5 Å². The standard InChI is InChI=1S/C17H26O7.C16H26O6S2.C12H18O5/c1-11(15(20)24-17(4,5)6)7-8-14(19)22-9-10-23-16(21)12(2)13(3)18;1-4-16(7-5-6-8-16)22-15(18)13(2)11-23-10-9-21-14(17)12-24(3,19)20;1-5-10(9(3)13)12(15)17-7-6-8(2)11(14)16-4/h12H,1,7-10H2,2-6H3;2,4-12H2,1,3H3;10H,2,5-7H2,1,3-4H3. The number of ether oxygens (including phenoxy) is 7. The van der Waals surface area contributed by atoms with Gasteiger partial charge in [-0.05, 0) is 86.5 Å². The molecule has 0 N–H and O–H groups in total. The van der Waals surface area contributed by atoms with E-state index in [1.54, 1.807) is 27.7 Å².